The molecule has 24 heavy (non-hydrogen) atoms. The molecule has 0 bridgehead atoms. The van der Waals surface area contributed by atoms with Crippen LogP contribution >= 0.6 is 0 Å². The van der Waals surface area contributed by atoms with E-state index in [0.717, 1.165) is 18.4 Å². The van der Waals surface area contributed by atoms with Crippen LogP contribution in [0.15, 0.2) is 24.3 Å². The maximum atomic E-state index is 12.5. The van der Waals surface area contributed by atoms with E-state index < -0.39 is 10.8 Å². The molecule has 2 aromatic rings. The highest BCUT2D eigenvalue weighted by atomic mass is 16.6. The van der Waals surface area contributed by atoms with Crippen molar-refractivity contribution in [3.8, 4) is 0 Å². The molecule has 0 saturated heterocycles. The lowest BCUT2D eigenvalue weighted by molar-refractivity contribution is -0.385. The van der Waals surface area contributed by atoms with Crippen LogP contribution in [0.1, 0.15) is 60.0 Å². The first-order valence-corrected chi connectivity index (χ1v) is 7.91. The van der Waals surface area contributed by atoms with Crippen molar-refractivity contribution in [2.45, 2.75) is 45.1 Å². The highest BCUT2D eigenvalue weighted by Gasteiger charge is 2.35. The molecule has 1 amide bonds. The molecule has 0 fully saturated rings. The van der Waals surface area contributed by atoms with Gasteiger partial charge in [0.1, 0.15) is 5.69 Å². The number of aromatic nitrogens is 2. The predicted molar refractivity (Wildman–Crippen MR) is 88.9 cm³/mol. The minimum Gasteiger partial charge on any atom is -0.344 e. The Hall–Kier alpha value is -2.70. The maximum Gasteiger partial charge on any atom is 0.322 e. The Morgan fingerprint density at radius 3 is 2.83 bits per heavy atom. The van der Waals surface area contributed by atoms with Crippen molar-refractivity contribution in [2.75, 3.05) is 0 Å². The topological polar surface area (TPSA) is 101 Å². The molecule has 2 N–H and O–H groups in total. The summed E-state index contributed by atoms with van der Waals surface area (Å²) in [7, 11) is 0. The molecule has 1 unspecified atom stereocenters. The first kappa shape index (κ1) is 16.2. The van der Waals surface area contributed by atoms with Crippen molar-refractivity contribution in [3.05, 3.63) is 56.9 Å². The highest BCUT2D eigenvalue weighted by Crippen LogP contribution is 2.41. The van der Waals surface area contributed by atoms with Gasteiger partial charge in [-0.05, 0) is 36.3 Å². The summed E-state index contributed by atoms with van der Waals surface area (Å²) in [6.07, 6.45) is 1.71. The maximum absolute atomic E-state index is 12.5. The Labute approximate surface area is 139 Å². The molecule has 7 nitrogen and oxygen atoms in total. The summed E-state index contributed by atoms with van der Waals surface area (Å²) < 4.78 is 0. The second-order valence-corrected chi connectivity index (χ2v) is 6.84. The quantitative estimate of drug-likeness (QED) is 0.667. The molecule has 0 aliphatic heterocycles. The van der Waals surface area contributed by atoms with Crippen molar-refractivity contribution in [2.24, 2.45) is 0 Å². The lowest BCUT2D eigenvalue weighted by Gasteiger charge is -2.37. The van der Waals surface area contributed by atoms with Crippen LogP contribution in [0.25, 0.3) is 0 Å². The standard InChI is InChI=1S/C17H20N4O3/c1-10-15(21(23)24)14(20-19-10)16(22)18-13-8-9-17(2,3)12-7-5-4-6-11(12)13/h4-7,13H,8-9H2,1-3H3,(H,18,22)(H,19,20). The average Bonchev–Trinajstić information content (AvgIpc) is 2.92. The van der Waals surface area contributed by atoms with E-state index in [2.05, 4.69) is 35.4 Å². The highest BCUT2D eigenvalue weighted by molar-refractivity contribution is 5.96. The SMILES string of the molecule is Cc1[nH]nc(C(=O)NC2CCC(C)(C)c3ccccc32)c1[N+](=O)[O-]. The van der Waals surface area contributed by atoms with Crippen molar-refractivity contribution in [1.29, 1.82) is 0 Å². The number of aryl methyl sites for hydroxylation is 1. The van der Waals surface area contributed by atoms with Crippen LogP contribution in [-0.2, 0) is 5.41 Å². The van der Waals surface area contributed by atoms with Gasteiger partial charge in [0.05, 0.1) is 11.0 Å². The number of hydrogen-bond acceptors (Lipinski definition) is 4. The van der Waals surface area contributed by atoms with Crippen LogP contribution < -0.4 is 5.32 Å². The van der Waals surface area contributed by atoms with Gasteiger partial charge < -0.3 is 5.32 Å². The van der Waals surface area contributed by atoms with Gasteiger partial charge >= 0.3 is 5.69 Å². The van der Waals surface area contributed by atoms with Gasteiger partial charge in [-0.2, -0.15) is 5.10 Å². The average molecular weight is 328 g/mol. The van der Waals surface area contributed by atoms with Crippen molar-refractivity contribution in [3.63, 3.8) is 0 Å². The van der Waals surface area contributed by atoms with Gasteiger partial charge in [-0.15, -0.1) is 0 Å². The Morgan fingerprint density at radius 1 is 1.42 bits per heavy atom. The van der Waals surface area contributed by atoms with E-state index in [4.69, 9.17) is 0 Å². The fraction of sp³-hybridized carbons (Fsp3) is 0.412. The first-order chi connectivity index (χ1) is 11.3. The number of aromatic amines is 1. The van der Waals surface area contributed by atoms with Crippen molar-refractivity contribution >= 4 is 11.6 Å². The normalized spacial score (nSPS) is 18.7. The first-order valence-electron chi connectivity index (χ1n) is 7.91. The lowest BCUT2D eigenvalue weighted by Crippen LogP contribution is -2.36. The monoisotopic (exact) mass is 328 g/mol. The smallest absolute Gasteiger partial charge is 0.322 e. The number of nitro groups is 1. The summed E-state index contributed by atoms with van der Waals surface area (Å²) in [6, 6.07) is 7.85. The Morgan fingerprint density at radius 2 is 2.12 bits per heavy atom. The molecule has 1 aromatic carbocycles. The number of carbonyl (C=O) groups excluding carboxylic acids is 1. The fourth-order valence-electron chi connectivity index (χ4n) is 3.39. The molecule has 1 heterocycles. The van der Waals surface area contributed by atoms with Crippen LogP contribution in [0.3, 0.4) is 0 Å². The Kier molecular flexibility index (Phi) is 3.87. The molecule has 1 aliphatic carbocycles. The van der Waals surface area contributed by atoms with E-state index in [1.165, 1.54) is 12.5 Å². The van der Waals surface area contributed by atoms with Gasteiger partial charge in [0, 0.05) is 0 Å². The number of H-pyrrole nitrogens is 1. The van der Waals surface area contributed by atoms with Crippen LogP contribution in [0, 0.1) is 17.0 Å². The van der Waals surface area contributed by atoms with E-state index in [1.807, 2.05) is 18.2 Å². The number of hydrogen-bond donors (Lipinski definition) is 2. The Bertz CT molecular complexity index is 810. The second kappa shape index (κ2) is 5.74. The van der Waals surface area contributed by atoms with Gasteiger partial charge in [-0.1, -0.05) is 38.1 Å². The third kappa shape index (κ3) is 2.66. The molecular formula is C17H20N4O3. The number of amides is 1. The Balaban J connectivity index is 1.90. The van der Waals surface area contributed by atoms with Gasteiger partial charge in [0.25, 0.3) is 5.91 Å². The zero-order valence-corrected chi connectivity index (χ0v) is 13.9. The minimum absolute atomic E-state index is 0.0484. The zero-order valence-electron chi connectivity index (χ0n) is 13.9. The number of nitrogens with zero attached hydrogens (tertiary/aromatic N) is 2. The molecule has 7 heteroatoms. The van der Waals surface area contributed by atoms with E-state index in [-0.39, 0.29) is 28.5 Å². The van der Waals surface area contributed by atoms with Gasteiger partial charge in [-0.25, -0.2) is 0 Å². The van der Waals surface area contributed by atoms with Gasteiger partial charge in [0.15, 0.2) is 0 Å². The third-order valence-electron chi connectivity index (χ3n) is 4.74. The lowest BCUT2D eigenvalue weighted by atomic mass is 9.71. The van der Waals surface area contributed by atoms with Crippen LogP contribution in [0.5, 0.6) is 0 Å². The van der Waals surface area contributed by atoms with E-state index in [0.29, 0.717) is 0 Å². The minimum atomic E-state index is -0.578. The molecule has 1 aliphatic rings. The third-order valence-corrected chi connectivity index (χ3v) is 4.74. The van der Waals surface area contributed by atoms with Crippen molar-refractivity contribution in [1.82, 2.24) is 15.5 Å². The molecular weight excluding hydrogens is 308 g/mol. The summed E-state index contributed by atoms with van der Waals surface area (Å²) in [4.78, 5) is 23.1. The van der Waals surface area contributed by atoms with Crippen LogP contribution in [0.4, 0.5) is 5.69 Å². The molecule has 1 atom stereocenters. The largest absolute Gasteiger partial charge is 0.344 e. The number of carbonyl (C=O) groups is 1. The van der Waals surface area contributed by atoms with E-state index in [9.17, 15) is 14.9 Å². The molecule has 0 radical (unpaired) electrons. The number of nitrogens with one attached hydrogen (secondary N) is 2. The summed E-state index contributed by atoms with van der Waals surface area (Å²) in [5.74, 6) is -0.523. The van der Waals surface area contributed by atoms with Crippen LogP contribution in [-0.4, -0.2) is 21.0 Å². The summed E-state index contributed by atoms with van der Waals surface area (Å²) in [5, 5.41) is 20.4. The second-order valence-electron chi connectivity index (χ2n) is 6.84. The zero-order chi connectivity index (χ0) is 17.5. The number of benzene rings is 1. The molecule has 1 aromatic heterocycles. The van der Waals surface area contributed by atoms with Gasteiger partial charge in [-0.3, -0.25) is 20.0 Å². The number of fused-ring (bicyclic) bond motifs is 1. The van der Waals surface area contributed by atoms with Crippen LogP contribution in [0.2, 0.25) is 0 Å². The van der Waals surface area contributed by atoms with E-state index in [1.54, 1.807) is 0 Å². The molecule has 126 valence electrons. The molecule has 3 rings (SSSR count). The predicted octanol–water partition coefficient (Wildman–Crippen LogP) is 3.17. The summed E-state index contributed by atoms with van der Waals surface area (Å²) >= 11 is 0. The molecule has 0 saturated carbocycles. The van der Waals surface area contributed by atoms with Crippen molar-refractivity contribution < 1.29 is 9.72 Å². The van der Waals surface area contributed by atoms with Gasteiger partial charge in [0.2, 0.25) is 5.69 Å². The molecule has 0 spiro atoms. The number of rotatable bonds is 3. The van der Waals surface area contributed by atoms with E-state index >= 15 is 0 Å². The fourth-order valence-corrected chi connectivity index (χ4v) is 3.39. The summed E-state index contributed by atoms with van der Waals surface area (Å²) in [6.45, 7) is 5.90. The summed E-state index contributed by atoms with van der Waals surface area (Å²) in [5.41, 5.74) is 2.16.